The number of rotatable bonds is 55. The average molecular weight is 944 g/mol. The molecule has 0 aliphatic rings. The maximum absolute atomic E-state index is 12.9. The summed E-state index contributed by atoms with van der Waals surface area (Å²) >= 11 is 0. The molecule has 0 aliphatic heterocycles. The normalized spacial score (nSPS) is 12.1. The van der Waals surface area contributed by atoms with Crippen LogP contribution in [0.25, 0.3) is 0 Å². The Labute approximate surface area is 417 Å². The summed E-state index contributed by atoms with van der Waals surface area (Å²) in [5.41, 5.74) is 0. The van der Waals surface area contributed by atoms with Crippen molar-refractivity contribution in [3.05, 3.63) is 24.3 Å². The van der Waals surface area contributed by atoms with E-state index in [4.69, 9.17) is 14.2 Å². The third-order valence-corrected chi connectivity index (χ3v) is 13.5. The van der Waals surface area contributed by atoms with Gasteiger partial charge in [-0.05, 0) is 51.4 Å². The van der Waals surface area contributed by atoms with Gasteiger partial charge in [-0.25, -0.2) is 0 Å². The highest BCUT2D eigenvalue weighted by molar-refractivity contribution is 5.71. The van der Waals surface area contributed by atoms with E-state index in [2.05, 4.69) is 45.1 Å². The third kappa shape index (κ3) is 54.7. The van der Waals surface area contributed by atoms with E-state index >= 15 is 0 Å². The van der Waals surface area contributed by atoms with Crippen molar-refractivity contribution < 1.29 is 28.6 Å². The predicted molar refractivity (Wildman–Crippen MR) is 289 cm³/mol. The Hall–Kier alpha value is -2.11. The van der Waals surface area contributed by atoms with Gasteiger partial charge in [-0.15, -0.1) is 0 Å². The van der Waals surface area contributed by atoms with Crippen molar-refractivity contribution in [3.8, 4) is 0 Å². The zero-order valence-electron chi connectivity index (χ0n) is 45.2. The fourth-order valence-corrected chi connectivity index (χ4v) is 8.95. The smallest absolute Gasteiger partial charge is 0.306 e. The van der Waals surface area contributed by atoms with Crippen LogP contribution in [0, 0.1) is 0 Å². The Bertz CT molecular complexity index is 1080. The second-order valence-electron chi connectivity index (χ2n) is 20.3. The number of allylic oxidation sites excluding steroid dienone is 4. The molecule has 394 valence electrons. The summed E-state index contributed by atoms with van der Waals surface area (Å²) in [6.07, 6.45) is 65.9. The van der Waals surface area contributed by atoms with Crippen LogP contribution in [0.1, 0.15) is 329 Å². The highest BCUT2D eigenvalue weighted by atomic mass is 16.6. The molecule has 0 aromatic rings. The average Bonchev–Trinajstić information content (AvgIpc) is 3.33. The summed E-state index contributed by atoms with van der Waals surface area (Å²) in [5.74, 6) is -0.848. The lowest BCUT2D eigenvalue weighted by molar-refractivity contribution is -0.167. The zero-order valence-corrected chi connectivity index (χ0v) is 45.2. The summed E-state index contributed by atoms with van der Waals surface area (Å²) < 4.78 is 16.9. The molecule has 0 saturated heterocycles. The lowest BCUT2D eigenvalue weighted by atomic mass is 10.0. The van der Waals surface area contributed by atoms with Crippen molar-refractivity contribution in [2.75, 3.05) is 13.2 Å². The monoisotopic (exact) mass is 943 g/mol. The Balaban J connectivity index is 4.31. The first-order valence-electron chi connectivity index (χ1n) is 29.8. The van der Waals surface area contributed by atoms with E-state index in [1.807, 2.05) is 0 Å². The van der Waals surface area contributed by atoms with Crippen molar-refractivity contribution >= 4 is 17.9 Å². The van der Waals surface area contributed by atoms with Crippen LogP contribution >= 0.6 is 0 Å². The van der Waals surface area contributed by atoms with Crippen molar-refractivity contribution in [3.63, 3.8) is 0 Å². The summed E-state index contributed by atoms with van der Waals surface area (Å²) in [5, 5.41) is 0. The van der Waals surface area contributed by atoms with E-state index in [1.165, 1.54) is 225 Å². The maximum Gasteiger partial charge on any atom is 0.306 e. The van der Waals surface area contributed by atoms with Gasteiger partial charge in [-0.1, -0.05) is 283 Å². The quantitative estimate of drug-likeness (QED) is 0.0262. The highest BCUT2D eigenvalue weighted by Gasteiger charge is 2.19. The van der Waals surface area contributed by atoms with Gasteiger partial charge in [0.2, 0.25) is 0 Å². The van der Waals surface area contributed by atoms with Crippen molar-refractivity contribution in [1.82, 2.24) is 0 Å². The van der Waals surface area contributed by atoms with E-state index in [1.54, 1.807) is 0 Å². The first-order valence-corrected chi connectivity index (χ1v) is 29.8. The van der Waals surface area contributed by atoms with Gasteiger partial charge in [-0.2, -0.15) is 0 Å². The second-order valence-corrected chi connectivity index (χ2v) is 20.3. The van der Waals surface area contributed by atoms with Crippen LogP contribution in [0.3, 0.4) is 0 Å². The van der Waals surface area contributed by atoms with E-state index in [0.29, 0.717) is 19.3 Å². The van der Waals surface area contributed by atoms with E-state index in [9.17, 15) is 14.4 Å². The molecule has 0 N–H and O–H groups in total. The van der Waals surface area contributed by atoms with Crippen LogP contribution in [0.15, 0.2) is 24.3 Å². The van der Waals surface area contributed by atoms with Gasteiger partial charge in [0.25, 0.3) is 0 Å². The molecule has 6 nitrogen and oxygen atoms in total. The van der Waals surface area contributed by atoms with Crippen LogP contribution in [0.4, 0.5) is 0 Å². The van der Waals surface area contributed by atoms with Crippen LogP contribution < -0.4 is 0 Å². The highest BCUT2D eigenvalue weighted by Crippen LogP contribution is 2.17. The first-order chi connectivity index (χ1) is 33.0. The van der Waals surface area contributed by atoms with E-state index in [-0.39, 0.29) is 31.1 Å². The number of carbonyl (C=O) groups is 3. The zero-order chi connectivity index (χ0) is 48.6. The summed E-state index contributed by atoms with van der Waals surface area (Å²) in [6, 6.07) is 0. The molecule has 0 amide bonds. The van der Waals surface area contributed by atoms with Gasteiger partial charge in [0, 0.05) is 19.3 Å². The molecular weight excluding hydrogens is 829 g/mol. The minimum Gasteiger partial charge on any atom is -0.462 e. The molecule has 6 heteroatoms. The molecule has 0 aromatic carbocycles. The first kappa shape index (κ1) is 64.9. The largest absolute Gasteiger partial charge is 0.462 e. The van der Waals surface area contributed by atoms with Crippen molar-refractivity contribution in [2.45, 2.75) is 335 Å². The van der Waals surface area contributed by atoms with Crippen LogP contribution in [-0.2, 0) is 28.6 Å². The molecule has 0 aliphatic carbocycles. The molecule has 0 saturated carbocycles. The Kier molecular flexibility index (Phi) is 54.7. The van der Waals surface area contributed by atoms with Crippen LogP contribution in [0.5, 0.6) is 0 Å². The number of hydrogen-bond acceptors (Lipinski definition) is 6. The summed E-state index contributed by atoms with van der Waals surface area (Å²) in [7, 11) is 0. The van der Waals surface area contributed by atoms with Gasteiger partial charge >= 0.3 is 17.9 Å². The maximum atomic E-state index is 12.9. The number of hydrogen-bond donors (Lipinski definition) is 0. The molecule has 0 rings (SSSR count). The molecule has 1 atom stereocenters. The molecule has 0 unspecified atom stereocenters. The number of unbranched alkanes of at least 4 members (excludes halogenated alkanes) is 40. The van der Waals surface area contributed by atoms with Crippen molar-refractivity contribution in [2.24, 2.45) is 0 Å². The Morgan fingerprint density at radius 1 is 0.299 bits per heavy atom. The topological polar surface area (TPSA) is 78.9 Å². The van der Waals surface area contributed by atoms with Crippen molar-refractivity contribution in [1.29, 1.82) is 0 Å². The van der Waals surface area contributed by atoms with Gasteiger partial charge in [0.1, 0.15) is 13.2 Å². The van der Waals surface area contributed by atoms with Gasteiger partial charge in [0.15, 0.2) is 6.10 Å². The number of carbonyl (C=O) groups excluding carboxylic acids is 3. The molecule has 0 fully saturated rings. The van der Waals surface area contributed by atoms with Crippen LogP contribution in [0.2, 0.25) is 0 Å². The summed E-state index contributed by atoms with van der Waals surface area (Å²) in [6.45, 7) is 6.67. The van der Waals surface area contributed by atoms with Gasteiger partial charge in [0.05, 0.1) is 0 Å². The minimum atomic E-state index is -0.768. The van der Waals surface area contributed by atoms with E-state index in [0.717, 1.165) is 64.2 Å². The van der Waals surface area contributed by atoms with Gasteiger partial charge < -0.3 is 14.2 Å². The molecule has 0 radical (unpaired) electrons. The lowest BCUT2D eigenvalue weighted by Crippen LogP contribution is -2.30. The molecule has 67 heavy (non-hydrogen) atoms. The molecule has 0 bridgehead atoms. The SMILES string of the molecule is CCCCC/C=C\C/C=C\CCCCCCCCCCCC(=O)O[C@@H](COC(=O)CCCCCCCCCCCCCCC)COC(=O)CCCCCCCCCCCCCCCCCCC. The van der Waals surface area contributed by atoms with Crippen LogP contribution in [-0.4, -0.2) is 37.2 Å². The standard InChI is InChI=1S/C61H114O6/c1-4-7-10-13-16-19-22-25-27-29-30-32-34-37-40-43-46-49-52-55-61(64)67-58(56-65-59(62)53-50-47-44-41-38-35-24-21-18-15-12-9-6-3)57-66-60(63)54-51-48-45-42-39-36-33-31-28-26-23-20-17-14-11-8-5-2/h16,19,25,27,58H,4-15,17-18,20-24,26,28-57H2,1-3H3/b19-16-,27-25-/t58-/m0/s1. The second kappa shape index (κ2) is 56.5. The van der Waals surface area contributed by atoms with E-state index < -0.39 is 6.10 Å². The number of esters is 3. The van der Waals surface area contributed by atoms with Gasteiger partial charge in [-0.3, -0.25) is 14.4 Å². The lowest BCUT2D eigenvalue weighted by Gasteiger charge is -2.18. The Morgan fingerprint density at radius 3 is 0.851 bits per heavy atom. The molecule has 0 aromatic heterocycles. The summed E-state index contributed by atoms with van der Waals surface area (Å²) in [4.78, 5) is 38.2. The molecule has 0 heterocycles. The minimum absolute atomic E-state index is 0.0671. The predicted octanol–water partition coefficient (Wildman–Crippen LogP) is 19.9. The molecular formula is C61H114O6. The Morgan fingerprint density at radius 2 is 0.537 bits per heavy atom. The fourth-order valence-electron chi connectivity index (χ4n) is 8.95. The number of ether oxygens (including phenoxy) is 3. The fraction of sp³-hybridized carbons (Fsp3) is 0.885. The molecule has 0 spiro atoms. The third-order valence-electron chi connectivity index (χ3n) is 13.5.